The highest BCUT2D eigenvalue weighted by atomic mass is 16.5. The van der Waals surface area contributed by atoms with E-state index in [2.05, 4.69) is 37.1 Å². The molecule has 0 aliphatic heterocycles. The van der Waals surface area contributed by atoms with Gasteiger partial charge in [-0.3, -0.25) is 0 Å². The van der Waals surface area contributed by atoms with Crippen molar-refractivity contribution in [2.75, 3.05) is 0 Å². The van der Waals surface area contributed by atoms with Crippen LogP contribution in [-0.4, -0.2) is 11.1 Å². The predicted octanol–water partition coefficient (Wildman–Crippen LogP) is 4.06. The zero-order valence-corrected chi connectivity index (χ0v) is 14.6. The second-order valence-corrected chi connectivity index (χ2v) is 6.48. The molecule has 0 spiro atoms. The van der Waals surface area contributed by atoms with Gasteiger partial charge in [0.15, 0.2) is 0 Å². The van der Waals surface area contributed by atoms with Crippen LogP contribution in [0.4, 0.5) is 0 Å². The van der Waals surface area contributed by atoms with Gasteiger partial charge in [-0.05, 0) is 48.6 Å². The second-order valence-electron chi connectivity index (χ2n) is 6.48. The molecule has 126 valence electrons. The molecule has 2 aromatic rings. The zero-order chi connectivity index (χ0) is 17.4. The Morgan fingerprint density at radius 1 is 1.12 bits per heavy atom. The molecule has 1 heterocycles. The predicted molar refractivity (Wildman–Crippen MR) is 95.5 cm³/mol. The first-order chi connectivity index (χ1) is 11.6. The van der Waals surface area contributed by atoms with Crippen LogP contribution < -0.4 is 10.1 Å². The van der Waals surface area contributed by atoms with Crippen LogP contribution in [0.25, 0.3) is 0 Å². The fourth-order valence-corrected chi connectivity index (χ4v) is 2.64. The van der Waals surface area contributed by atoms with E-state index in [1.807, 2.05) is 36.4 Å². The van der Waals surface area contributed by atoms with E-state index in [1.54, 1.807) is 6.20 Å². The molecular formula is C20H25N3O. The second kappa shape index (κ2) is 9.05. The van der Waals surface area contributed by atoms with Gasteiger partial charge in [0, 0.05) is 25.4 Å². The molecular weight excluding hydrogens is 298 g/mol. The first kappa shape index (κ1) is 18.0. The smallest absolute Gasteiger partial charge is 0.213 e. The average molecular weight is 323 g/mol. The Morgan fingerprint density at radius 2 is 1.88 bits per heavy atom. The highest BCUT2D eigenvalue weighted by Crippen LogP contribution is 2.15. The molecule has 0 saturated carbocycles. The molecule has 1 aromatic heterocycles. The molecule has 0 saturated heterocycles. The van der Waals surface area contributed by atoms with Gasteiger partial charge in [0.05, 0.1) is 17.7 Å². The molecule has 1 atom stereocenters. The Kier molecular flexibility index (Phi) is 6.77. The van der Waals surface area contributed by atoms with E-state index in [9.17, 15) is 0 Å². The maximum Gasteiger partial charge on any atom is 0.213 e. The van der Waals surface area contributed by atoms with E-state index in [0.717, 1.165) is 30.6 Å². The standard InChI is InChI=1S/C20H25N3O/c1-15(2)9-16(3)24-20-11-19(7-8-23-20)14-22-13-18-6-4-5-17(10-18)12-21/h4-8,10-11,15-16,22H,9,13-14H2,1-3H3. The van der Waals surface area contributed by atoms with Gasteiger partial charge in [-0.15, -0.1) is 0 Å². The van der Waals surface area contributed by atoms with Crippen molar-refractivity contribution in [1.29, 1.82) is 5.26 Å². The van der Waals surface area contributed by atoms with Crippen molar-refractivity contribution >= 4 is 0 Å². The third-order valence-electron chi connectivity index (χ3n) is 3.64. The van der Waals surface area contributed by atoms with Gasteiger partial charge in [0.25, 0.3) is 0 Å². The van der Waals surface area contributed by atoms with Crippen molar-refractivity contribution in [2.45, 2.75) is 46.4 Å². The normalized spacial score (nSPS) is 12.0. The molecule has 0 amide bonds. The number of aromatic nitrogens is 1. The topological polar surface area (TPSA) is 57.9 Å². The van der Waals surface area contributed by atoms with E-state index in [4.69, 9.17) is 10.00 Å². The van der Waals surface area contributed by atoms with Crippen molar-refractivity contribution in [3.05, 3.63) is 59.3 Å². The molecule has 1 N–H and O–H groups in total. The highest BCUT2D eigenvalue weighted by molar-refractivity contribution is 5.32. The first-order valence-corrected chi connectivity index (χ1v) is 8.38. The van der Waals surface area contributed by atoms with E-state index in [0.29, 0.717) is 17.4 Å². The fourth-order valence-electron chi connectivity index (χ4n) is 2.64. The first-order valence-electron chi connectivity index (χ1n) is 8.38. The number of benzene rings is 1. The van der Waals surface area contributed by atoms with Gasteiger partial charge in [0.2, 0.25) is 5.88 Å². The van der Waals surface area contributed by atoms with Crippen LogP contribution >= 0.6 is 0 Å². The van der Waals surface area contributed by atoms with Gasteiger partial charge < -0.3 is 10.1 Å². The molecule has 4 nitrogen and oxygen atoms in total. The van der Waals surface area contributed by atoms with E-state index < -0.39 is 0 Å². The molecule has 0 fully saturated rings. The Balaban J connectivity index is 1.86. The van der Waals surface area contributed by atoms with E-state index in [1.165, 1.54) is 0 Å². The molecule has 4 heteroatoms. The van der Waals surface area contributed by atoms with Crippen LogP contribution in [-0.2, 0) is 13.1 Å². The summed E-state index contributed by atoms with van der Waals surface area (Å²) in [6, 6.07) is 13.8. The summed E-state index contributed by atoms with van der Waals surface area (Å²) in [5.41, 5.74) is 2.92. The lowest BCUT2D eigenvalue weighted by Gasteiger charge is -2.16. The van der Waals surface area contributed by atoms with Crippen LogP contribution in [0.2, 0.25) is 0 Å². The molecule has 2 rings (SSSR count). The largest absolute Gasteiger partial charge is 0.475 e. The van der Waals surface area contributed by atoms with Crippen LogP contribution in [0.3, 0.4) is 0 Å². The van der Waals surface area contributed by atoms with Crippen LogP contribution in [0.1, 0.15) is 43.9 Å². The van der Waals surface area contributed by atoms with Crippen molar-refractivity contribution in [3.63, 3.8) is 0 Å². The molecule has 24 heavy (non-hydrogen) atoms. The lowest BCUT2D eigenvalue weighted by molar-refractivity contribution is 0.185. The van der Waals surface area contributed by atoms with Crippen molar-refractivity contribution in [2.24, 2.45) is 5.92 Å². The summed E-state index contributed by atoms with van der Waals surface area (Å²) in [6.07, 6.45) is 2.96. The fraction of sp³-hybridized carbons (Fsp3) is 0.400. The monoisotopic (exact) mass is 323 g/mol. The summed E-state index contributed by atoms with van der Waals surface area (Å²) in [4.78, 5) is 4.29. The van der Waals surface area contributed by atoms with Gasteiger partial charge in [0.1, 0.15) is 0 Å². The quantitative estimate of drug-likeness (QED) is 0.796. The lowest BCUT2D eigenvalue weighted by atomic mass is 10.1. The number of pyridine rings is 1. The number of rotatable bonds is 8. The van der Waals surface area contributed by atoms with Crippen LogP contribution in [0.5, 0.6) is 5.88 Å². The molecule has 1 aromatic carbocycles. The van der Waals surface area contributed by atoms with Gasteiger partial charge in [-0.1, -0.05) is 26.0 Å². The number of nitrogens with zero attached hydrogens (tertiary/aromatic N) is 2. The minimum Gasteiger partial charge on any atom is -0.475 e. The molecule has 0 bridgehead atoms. The summed E-state index contributed by atoms with van der Waals surface area (Å²) in [5.74, 6) is 1.28. The molecule has 0 radical (unpaired) electrons. The Hall–Kier alpha value is -2.38. The highest BCUT2D eigenvalue weighted by Gasteiger charge is 2.08. The molecule has 1 unspecified atom stereocenters. The van der Waals surface area contributed by atoms with Gasteiger partial charge in [-0.2, -0.15) is 5.26 Å². The Bertz CT molecular complexity index is 691. The van der Waals surface area contributed by atoms with Crippen LogP contribution in [0, 0.1) is 17.2 Å². The van der Waals surface area contributed by atoms with Crippen molar-refractivity contribution < 1.29 is 4.74 Å². The summed E-state index contributed by atoms with van der Waals surface area (Å²) in [7, 11) is 0. The zero-order valence-electron chi connectivity index (χ0n) is 14.6. The number of hydrogen-bond donors (Lipinski definition) is 1. The average Bonchev–Trinajstić information content (AvgIpc) is 2.54. The summed E-state index contributed by atoms with van der Waals surface area (Å²) < 4.78 is 5.89. The van der Waals surface area contributed by atoms with Gasteiger partial charge in [-0.25, -0.2) is 4.98 Å². The summed E-state index contributed by atoms with van der Waals surface area (Å²) >= 11 is 0. The number of hydrogen-bond acceptors (Lipinski definition) is 4. The third-order valence-corrected chi connectivity index (χ3v) is 3.64. The van der Waals surface area contributed by atoms with Gasteiger partial charge >= 0.3 is 0 Å². The summed E-state index contributed by atoms with van der Waals surface area (Å²) in [6.45, 7) is 7.91. The van der Waals surface area contributed by atoms with E-state index >= 15 is 0 Å². The van der Waals surface area contributed by atoms with Crippen molar-refractivity contribution in [3.8, 4) is 11.9 Å². The summed E-state index contributed by atoms with van der Waals surface area (Å²) in [5, 5.41) is 12.3. The maximum absolute atomic E-state index is 8.93. The number of nitriles is 1. The van der Waals surface area contributed by atoms with E-state index in [-0.39, 0.29) is 6.10 Å². The number of nitrogens with one attached hydrogen (secondary N) is 1. The molecule has 0 aliphatic rings. The minimum absolute atomic E-state index is 0.162. The minimum atomic E-state index is 0.162. The number of ether oxygens (including phenoxy) is 1. The Labute approximate surface area is 144 Å². The lowest BCUT2D eigenvalue weighted by Crippen LogP contribution is -2.16. The van der Waals surface area contributed by atoms with Crippen LogP contribution in [0.15, 0.2) is 42.6 Å². The third kappa shape index (κ3) is 6.02. The maximum atomic E-state index is 8.93. The molecule has 0 aliphatic carbocycles. The van der Waals surface area contributed by atoms with Crippen molar-refractivity contribution in [1.82, 2.24) is 10.3 Å². The Morgan fingerprint density at radius 3 is 2.58 bits per heavy atom. The SMILES string of the molecule is CC(C)CC(C)Oc1cc(CNCc2cccc(C#N)c2)ccn1.